The van der Waals surface area contributed by atoms with Crippen molar-refractivity contribution < 1.29 is 18.0 Å². The molecule has 0 aliphatic carbocycles. The molecule has 0 atom stereocenters. The molecule has 2 heterocycles. The molecule has 0 fully saturated rings. The summed E-state index contributed by atoms with van der Waals surface area (Å²) in [6.45, 7) is 0.359. The fourth-order valence-electron chi connectivity index (χ4n) is 2.93. The fraction of sp³-hybridized carbons (Fsp3) is 0.136. The molecule has 0 saturated heterocycles. The van der Waals surface area contributed by atoms with E-state index in [2.05, 4.69) is 10.2 Å². The molecule has 0 bridgehead atoms. The monoisotopic (exact) mass is 440 g/mol. The zero-order chi connectivity index (χ0) is 21.8. The summed E-state index contributed by atoms with van der Waals surface area (Å²) >= 11 is 1.21. The standard InChI is InChI=1S/C22H18F2N4O2S/c1-27(13-19-3-2-12-30-19)20(29)14-31-22-26-25-21(15-4-6-16(23)7-5-15)28(22)18-10-8-17(24)9-11-18/h2-12H,13-14H2,1H3. The molecule has 0 aliphatic rings. The van der Waals surface area contributed by atoms with Crippen molar-refractivity contribution in [3.05, 3.63) is 84.3 Å². The van der Waals surface area contributed by atoms with Gasteiger partial charge in [0.25, 0.3) is 0 Å². The first-order valence-electron chi connectivity index (χ1n) is 9.37. The minimum Gasteiger partial charge on any atom is -0.467 e. The Morgan fingerprint density at radius 2 is 1.71 bits per heavy atom. The molecule has 4 aromatic rings. The number of carbonyl (C=O) groups is 1. The van der Waals surface area contributed by atoms with E-state index in [0.29, 0.717) is 34.5 Å². The lowest BCUT2D eigenvalue weighted by Gasteiger charge is -2.15. The van der Waals surface area contributed by atoms with E-state index in [4.69, 9.17) is 4.42 Å². The van der Waals surface area contributed by atoms with Gasteiger partial charge in [0.15, 0.2) is 11.0 Å². The highest BCUT2D eigenvalue weighted by Crippen LogP contribution is 2.28. The SMILES string of the molecule is CN(Cc1ccco1)C(=O)CSc1nnc(-c2ccc(F)cc2)n1-c1ccc(F)cc1. The second-order valence-corrected chi connectivity index (χ2v) is 7.69. The van der Waals surface area contributed by atoms with Crippen molar-refractivity contribution in [1.29, 1.82) is 0 Å². The third-order valence-electron chi connectivity index (χ3n) is 4.54. The van der Waals surface area contributed by atoms with Crippen LogP contribution in [0.1, 0.15) is 5.76 Å². The normalized spacial score (nSPS) is 10.9. The van der Waals surface area contributed by atoms with Crippen molar-refractivity contribution in [2.75, 3.05) is 12.8 Å². The number of furan rings is 1. The van der Waals surface area contributed by atoms with Crippen molar-refractivity contribution in [2.24, 2.45) is 0 Å². The highest BCUT2D eigenvalue weighted by molar-refractivity contribution is 7.99. The van der Waals surface area contributed by atoms with Gasteiger partial charge in [0.05, 0.1) is 18.6 Å². The zero-order valence-corrected chi connectivity index (χ0v) is 17.4. The maximum atomic E-state index is 13.4. The number of rotatable bonds is 7. The molecule has 9 heteroatoms. The van der Waals surface area contributed by atoms with Crippen LogP contribution in [0.25, 0.3) is 17.1 Å². The predicted molar refractivity (Wildman–Crippen MR) is 113 cm³/mol. The molecule has 4 rings (SSSR count). The van der Waals surface area contributed by atoms with Crippen LogP contribution in [0.15, 0.2) is 76.5 Å². The van der Waals surface area contributed by atoms with E-state index >= 15 is 0 Å². The number of hydrogen-bond acceptors (Lipinski definition) is 5. The predicted octanol–water partition coefficient (Wildman–Crippen LogP) is 4.56. The second-order valence-electron chi connectivity index (χ2n) is 6.74. The van der Waals surface area contributed by atoms with Crippen LogP contribution in [-0.4, -0.2) is 38.4 Å². The van der Waals surface area contributed by atoms with Crippen molar-refractivity contribution in [2.45, 2.75) is 11.7 Å². The Morgan fingerprint density at radius 1 is 1.03 bits per heavy atom. The first-order valence-corrected chi connectivity index (χ1v) is 10.4. The van der Waals surface area contributed by atoms with Gasteiger partial charge in [-0.2, -0.15) is 0 Å². The zero-order valence-electron chi connectivity index (χ0n) is 16.5. The van der Waals surface area contributed by atoms with E-state index in [-0.39, 0.29) is 23.3 Å². The highest BCUT2D eigenvalue weighted by atomic mass is 32.2. The van der Waals surface area contributed by atoms with Crippen molar-refractivity contribution in [1.82, 2.24) is 19.7 Å². The van der Waals surface area contributed by atoms with E-state index in [1.165, 1.54) is 36.0 Å². The molecule has 2 aromatic carbocycles. The number of benzene rings is 2. The van der Waals surface area contributed by atoms with Crippen LogP contribution in [0.3, 0.4) is 0 Å². The van der Waals surface area contributed by atoms with E-state index in [1.807, 2.05) is 0 Å². The van der Waals surface area contributed by atoms with Gasteiger partial charge in [0.2, 0.25) is 5.91 Å². The van der Waals surface area contributed by atoms with Gasteiger partial charge in [-0.25, -0.2) is 8.78 Å². The van der Waals surface area contributed by atoms with Crippen LogP contribution in [0.2, 0.25) is 0 Å². The number of nitrogens with zero attached hydrogens (tertiary/aromatic N) is 4. The Morgan fingerprint density at radius 3 is 2.35 bits per heavy atom. The molecule has 0 aliphatic heterocycles. The number of thioether (sulfide) groups is 1. The van der Waals surface area contributed by atoms with Crippen LogP contribution in [0.4, 0.5) is 8.78 Å². The van der Waals surface area contributed by atoms with Crippen LogP contribution < -0.4 is 0 Å². The molecule has 158 valence electrons. The average Bonchev–Trinajstić information content (AvgIpc) is 3.43. The molecule has 6 nitrogen and oxygen atoms in total. The molecule has 0 N–H and O–H groups in total. The lowest BCUT2D eigenvalue weighted by atomic mass is 10.2. The summed E-state index contributed by atoms with van der Waals surface area (Å²) in [7, 11) is 1.69. The number of halogens is 2. The maximum Gasteiger partial charge on any atom is 0.233 e. The Hall–Kier alpha value is -3.46. The largest absolute Gasteiger partial charge is 0.467 e. The number of carbonyl (C=O) groups excluding carboxylic acids is 1. The van der Waals surface area contributed by atoms with Gasteiger partial charge in [-0.3, -0.25) is 9.36 Å². The summed E-state index contributed by atoms with van der Waals surface area (Å²) in [6.07, 6.45) is 1.56. The quantitative estimate of drug-likeness (QED) is 0.395. The van der Waals surface area contributed by atoms with Crippen LogP contribution in [-0.2, 0) is 11.3 Å². The van der Waals surface area contributed by atoms with Gasteiger partial charge in [-0.1, -0.05) is 11.8 Å². The summed E-state index contributed by atoms with van der Waals surface area (Å²) in [6, 6.07) is 15.3. The van der Waals surface area contributed by atoms with Gasteiger partial charge in [-0.15, -0.1) is 10.2 Å². The Bertz CT molecular complexity index is 1160. The van der Waals surface area contributed by atoms with E-state index < -0.39 is 0 Å². The topological polar surface area (TPSA) is 64.2 Å². The molecule has 0 saturated carbocycles. The van der Waals surface area contributed by atoms with Crippen molar-refractivity contribution >= 4 is 17.7 Å². The number of hydrogen-bond donors (Lipinski definition) is 0. The Balaban J connectivity index is 1.59. The smallest absolute Gasteiger partial charge is 0.233 e. The molecule has 0 spiro atoms. The molecular formula is C22H18F2N4O2S. The molecular weight excluding hydrogens is 422 g/mol. The second kappa shape index (κ2) is 9.13. The van der Waals surface area contributed by atoms with Crippen LogP contribution in [0.5, 0.6) is 0 Å². The summed E-state index contributed by atoms with van der Waals surface area (Å²) in [5.41, 5.74) is 1.27. The van der Waals surface area contributed by atoms with Gasteiger partial charge >= 0.3 is 0 Å². The van der Waals surface area contributed by atoms with Crippen LogP contribution >= 0.6 is 11.8 Å². The fourth-order valence-corrected chi connectivity index (χ4v) is 3.83. The Labute approximate surface area is 181 Å². The molecule has 1 amide bonds. The third kappa shape index (κ3) is 4.83. The first kappa shape index (κ1) is 20.8. The maximum absolute atomic E-state index is 13.4. The summed E-state index contributed by atoms with van der Waals surface area (Å²) in [5, 5.41) is 8.92. The highest BCUT2D eigenvalue weighted by Gasteiger charge is 2.19. The number of amides is 1. The molecule has 0 unspecified atom stereocenters. The van der Waals surface area contributed by atoms with Crippen molar-refractivity contribution in [3.8, 4) is 17.1 Å². The summed E-state index contributed by atoms with van der Waals surface area (Å²) in [4.78, 5) is 14.1. The molecule has 31 heavy (non-hydrogen) atoms. The summed E-state index contributed by atoms with van der Waals surface area (Å²) < 4.78 is 33.8. The third-order valence-corrected chi connectivity index (χ3v) is 5.46. The average molecular weight is 440 g/mol. The minimum absolute atomic E-state index is 0.113. The number of aromatic nitrogens is 3. The van der Waals surface area contributed by atoms with E-state index in [0.717, 1.165) is 0 Å². The molecule has 2 aromatic heterocycles. The minimum atomic E-state index is -0.371. The van der Waals surface area contributed by atoms with Crippen LogP contribution in [0, 0.1) is 11.6 Å². The summed E-state index contributed by atoms with van der Waals surface area (Å²) in [5.74, 6) is 0.429. The van der Waals surface area contributed by atoms with Crippen molar-refractivity contribution in [3.63, 3.8) is 0 Å². The Kier molecular flexibility index (Phi) is 6.13. The van der Waals surface area contributed by atoms with E-state index in [9.17, 15) is 13.6 Å². The lowest BCUT2D eigenvalue weighted by molar-refractivity contribution is -0.127. The van der Waals surface area contributed by atoms with Gasteiger partial charge in [-0.05, 0) is 60.7 Å². The van der Waals surface area contributed by atoms with Gasteiger partial charge in [0.1, 0.15) is 17.4 Å². The van der Waals surface area contributed by atoms with Gasteiger partial charge < -0.3 is 9.32 Å². The van der Waals surface area contributed by atoms with Gasteiger partial charge in [0, 0.05) is 18.3 Å². The molecule has 0 radical (unpaired) electrons. The van der Waals surface area contributed by atoms with E-state index in [1.54, 1.807) is 59.2 Å². The first-order chi connectivity index (χ1) is 15.0. The lowest BCUT2D eigenvalue weighted by Crippen LogP contribution is -2.27.